The highest BCUT2D eigenvalue weighted by Gasteiger charge is 2.47. The van der Waals surface area contributed by atoms with Gasteiger partial charge in [0.05, 0.1) is 10.0 Å². The summed E-state index contributed by atoms with van der Waals surface area (Å²) in [5, 5.41) is 20.3. The van der Waals surface area contributed by atoms with E-state index < -0.39 is 11.4 Å². The van der Waals surface area contributed by atoms with Crippen LogP contribution in [0.1, 0.15) is 37.7 Å². The Morgan fingerprint density at radius 3 is 2.52 bits per heavy atom. The van der Waals surface area contributed by atoms with Crippen LogP contribution in [-0.4, -0.2) is 29.4 Å². The minimum absolute atomic E-state index is 0.0523. The minimum Gasteiger partial charge on any atom is -0.506 e. The van der Waals surface area contributed by atoms with Crippen molar-refractivity contribution >= 4 is 21.9 Å². The fourth-order valence-electron chi connectivity index (χ4n) is 3.32. The number of carbonyl (C=O) groups is 1. The maximum absolute atomic E-state index is 12.0. The van der Waals surface area contributed by atoms with E-state index in [9.17, 15) is 15.0 Å². The number of benzene rings is 1. The van der Waals surface area contributed by atoms with Gasteiger partial charge in [0.25, 0.3) is 0 Å². The summed E-state index contributed by atoms with van der Waals surface area (Å²) in [6.45, 7) is 0.778. The molecule has 6 heteroatoms. The molecule has 0 bridgehead atoms. The molecule has 1 heterocycles. The molecule has 0 saturated heterocycles. The highest BCUT2D eigenvalue weighted by Crippen LogP contribution is 2.53. The number of aliphatic carboxylic acids is 1. The van der Waals surface area contributed by atoms with E-state index in [1.165, 1.54) is 0 Å². The van der Waals surface area contributed by atoms with Gasteiger partial charge in [0.15, 0.2) is 11.5 Å². The Labute approximate surface area is 131 Å². The molecule has 0 aromatic heterocycles. The first-order valence-corrected chi connectivity index (χ1v) is 7.90. The fourth-order valence-corrected chi connectivity index (χ4v) is 3.72. The van der Waals surface area contributed by atoms with Gasteiger partial charge < -0.3 is 19.7 Å². The molecule has 1 aromatic carbocycles. The molecule has 21 heavy (non-hydrogen) atoms. The zero-order valence-electron chi connectivity index (χ0n) is 11.5. The van der Waals surface area contributed by atoms with Gasteiger partial charge in [-0.1, -0.05) is 19.3 Å². The molecular weight excluding hydrogens is 340 g/mol. The second kappa shape index (κ2) is 5.40. The lowest BCUT2D eigenvalue weighted by Gasteiger charge is -2.36. The van der Waals surface area contributed by atoms with Crippen molar-refractivity contribution in [3.63, 3.8) is 0 Å². The van der Waals surface area contributed by atoms with E-state index in [1.807, 2.05) is 0 Å². The van der Waals surface area contributed by atoms with Crippen LogP contribution in [0, 0.1) is 0 Å². The summed E-state index contributed by atoms with van der Waals surface area (Å²) in [6, 6.07) is 1.63. The van der Waals surface area contributed by atoms with Crippen molar-refractivity contribution in [3.05, 3.63) is 16.1 Å². The molecule has 1 saturated carbocycles. The average molecular weight is 357 g/mol. The zero-order chi connectivity index (χ0) is 15.0. The van der Waals surface area contributed by atoms with Crippen molar-refractivity contribution < 1.29 is 24.5 Å². The van der Waals surface area contributed by atoms with Gasteiger partial charge in [-0.2, -0.15) is 0 Å². The third-order valence-electron chi connectivity index (χ3n) is 4.35. The summed E-state index contributed by atoms with van der Waals surface area (Å²) >= 11 is 3.29. The van der Waals surface area contributed by atoms with E-state index >= 15 is 0 Å². The Morgan fingerprint density at radius 1 is 1.19 bits per heavy atom. The van der Waals surface area contributed by atoms with Crippen LogP contribution in [0.15, 0.2) is 10.5 Å². The van der Waals surface area contributed by atoms with Crippen LogP contribution >= 0.6 is 15.9 Å². The Bertz CT molecular complexity index is 578. The molecule has 0 atom stereocenters. The predicted octanol–water partition coefficient (Wildman–Crippen LogP) is 3.21. The molecule has 0 radical (unpaired) electrons. The van der Waals surface area contributed by atoms with Gasteiger partial charge in [0.1, 0.15) is 24.4 Å². The molecule has 0 spiro atoms. The van der Waals surface area contributed by atoms with Crippen LogP contribution < -0.4 is 9.47 Å². The average Bonchev–Trinajstić information content (AvgIpc) is 2.49. The Balaban J connectivity index is 2.24. The van der Waals surface area contributed by atoms with E-state index in [1.54, 1.807) is 6.07 Å². The van der Waals surface area contributed by atoms with Gasteiger partial charge in [-0.05, 0) is 28.8 Å². The molecule has 2 aliphatic rings. The zero-order valence-corrected chi connectivity index (χ0v) is 13.1. The number of ether oxygens (including phenoxy) is 2. The lowest BCUT2D eigenvalue weighted by atomic mass is 9.68. The molecule has 0 amide bonds. The number of hydrogen-bond acceptors (Lipinski definition) is 4. The smallest absolute Gasteiger partial charge is 0.314 e. The lowest BCUT2D eigenvalue weighted by Crippen LogP contribution is -2.39. The van der Waals surface area contributed by atoms with Crippen molar-refractivity contribution in [2.75, 3.05) is 13.2 Å². The molecule has 1 aliphatic heterocycles. The van der Waals surface area contributed by atoms with Crippen molar-refractivity contribution in [2.45, 2.75) is 37.5 Å². The quantitative estimate of drug-likeness (QED) is 0.850. The Morgan fingerprint density at radius 2 is 1.86 bits per heavy atom. The number of fused-ring (bicyclic) bond motifs is 1. The van der Waals surface area contributed by atoms with Crippen LogP contribution in [0.2, 0.25) is 0 Å². The summed E-state index contributed by atoms with van der Waals surface area (Å²) in [6.07, 6.45) is 3.68. The number of hydrogen-bond donors (Lipinski definition) is 2. The van der Waals surface area contributed by atoms with E-state index in [0.717, 1.165) is 19.3 Å². The standard InChI is InChI=1S/C15H17BrO5/c16-9-8-10-13(21-7-6-20-10)11(12(9)17)15(14(18)19)4-2-1-3-5-15/h8,17H,1-7H2,(H,18,19). The van der Waals surface area contributed by atoms with Gasteiger partial charge in [-0.15, -0.1) is 0 Å². The maximum atomic E-state index is 12.0. The molecular formula is C15H17BrO5. The molecule has 3 rings (SSSR count). The summed E-state index contributed by atoms with van der Waals surface area (Å²) in [5.74, 6) is -0.0890. The third-order valence-corrected chi connectivity index (χ3v) is 4.96. The van der Waals surface area contributed by atoms with Gasteiger partial charge in [0, 0.05) is 6.07 Å². The highest BCUT2D eigenvalue weighted by molar-refractivity contribution is 9.10. The normalized spacial score (nSPS) is 20.0. The highest BCUT2D eigenvalue weighted by atomic mass is 79.9. The van der Waals surface area contributed by atoms with Crippen LogP contribution in [0.25, 0.3) is 0 Å². The van der Waals surface area contributed by atoms with E-state index in [4.69, 9.17) is 9.47 Å². The number of aromatic hydroxyl groups is 1. The van der Waals surface area contributed by atoms with Crippen molar-refractivity contribution in [1.82, 2.24) is 0 Å². The minimum atomic E-state index is -1.10. The van der Waals surface area contributed by atoms with Crippen LogP contribution in [0.5, 0.6) is 17.2 Å². The number of phenolic OH excluding ortho intramolecular Hbond substituents is 1. The Hall–Kier alpha value is -1.43. The van der Waals surface area contributed by atoms with E-state index in [2.05, 4.69) is 15.9 Å². The number of phenols is 1. The number of rotatable bonds is 2. The second-order valence-electron chi connectivity index (χ2n) is 5.55. The molecule has 114 valence electrons. The molecule has 0 unspecified atom stereocenters. The van der Waals surface area contributed by atoms with Crippen LogP contribution in [-0.2, 0) is 10.2 Å². The summed E-state index contributed by atoms with van der Waals surface area (Å²) < 4.78 is 11.6. The summed E-state index contributed by atoms with van der Waals surface area (Å²) in [4.78, 5) is 12.0. The SMILES string of the molecule is O=C(O)C1(c2c(O)c(Br)cc3c2OCCO3)CCCCC1. The van der Waals surface area contributed by atoms with E-state index in [0.29, 0.717) is 47.6 Å². The van der Waals surface area contributed by atoms with Crippen molar-refractivity contribution in [2.24, 2.45) is 0 Å². The van der Waals surface area contributed by atoms with Crippen molar-refractivity contribution in [1.29, 1.82) is 0 Å². The summed E-state index contributed by atoms with van der Waals surface area (Å²) in [7, 11) is 0. The van der Waals surface area contributed by atoms with Gasteiger partial charge >= 0.3 is 5.97 Å². The molecule has 1 aliphatic carbocycles. The number of carboxylic acids is 1. The van der Waals surface area contributed by atoms with Crippen LogP contribution in [0.3, 0.4) is 0 Å². The molecule has 1 fully saturated rings. The summed E-state index contributed by atoms with van der Waals surface area (Å²) in [5.41, 5.74) is -0.740. The largest absolute Gasteiger partial charge is 0.506 e. The fraction of sp³-hybridized carbons (Fsp3) is 0.533. The van der Waals surface area contributed by atoms with Gasteiger partial charge in [-0.25, -0.2) is 0 Å². The first kappa shape index (κ1) is 14.5. The predicted molar refractivity (Wildman–Crippen MR) is 79.2 cm³/mol. The first-order chi connectivity index (χ1) is 10.1. The topological polar surface area (TPSA) is 76.0 Å². The lowest BCUT2D eigenvalue weighted by molar-refractivity contribution is -0.145. The second-order valence-corrected chi connectivity index (χ2v) is 6.41. The number of carboxylic acid groups (broad SMARTS) is 1. The van der Waals surface area contributed by atoms with Crippen LogP contribution in [0.4, 0.5) is 0 Å². The molecule has 2 N–H and O–H groups in total. The van der Waals surface area contributed by atoms with Gasteiger partial charge in [0.2, 0.25) is 0 Å². The molecule has 5 nitrogen and oxygen atoms in total. The van der Waals surface area contributed by atoms with Gasteiger partial charge in [-0.3, -0.25) is 4.79 Å². The first-order valence-electron chi connectivity index (χ1n) is 7.11. The Kier molecular flexibility index (Phi) is 3.73. The van der Waals surface area contributed by atoms with E-state index in [-0.39, 0.29) is 5.75 Å². The van der Waals surface area contributed by atoms with Crippen molar-refractivity contribution in [3.8, 4) is 17.2 Å². The monoisotopic (exact) mass is 356 g/mol. The maximum Gasteiger partial charge on any atom is 0.314 e. The number of halogens is 1. The molecule has 1 aromatic rings. The third kappa shape index (κ3) is 2.25.